The summed E-state index contributed by atoms with van der Waals surface area (Å²) < 4.78 is 0. The highest BCUT2D eigenvalue weighted by molar-refractivity contribution is 5.80. The molecule has 0 radical (unpaired) electrons. The van der Waals surface area contributed by atoms with Crippen LogP contribution < -0.4 is 16.6 Å². The van der Waals surface area contributed by atoms with Crippen molar-refractivity contribution in [1.82, 2.24) is 14.9 Å². The van der Waals surface area contributed by atoms with Crippen LogP contribution in [0.5, 0.6) is 0 Å². The standard InChI is InChI=1S/C14H24N6O/c1-10(2)14-17-11(8-12(18-14)19-15)16-9-13(21)20-6-4-3-5-7-20/h8,10H,3-7,9,15H2,1-2H3,(H2,16,17,18,19). The fourth-order valence-corrected chi connectivity index (χ4v) is 2.31. The van der Waals surface area contributed by atoms with Gasteiger partial charge in [0.2, 0.25) is 5.91 Å². The van der Waals surface area contributed by atoms with E-state index in [2.05, 4.69) is 20.7 Å². The molecule has 1 aromatic heterocycles. The number of rotatable bonds is 5. The summed E-state index contributed by atoms with van der Waals surface area (Å²) in [5.74, 6) is 7.58. The molecule has 0 unspecified atom stereocenters. The largest absolute Gasteiger partial charge is 0.361 e. The molecular formula is C14H24N6O. The molecule has 7 nitrogen and oxygen atoms in total. The van der Waals surface area contributed by atoms with Crippen LogP contribution in [0.15, 0.2) is 6.07 Å². The molecule has 1 aliphatic heterocycles. The first-order chi connectivity index (χ1) is 10.1. The molecule has 1 aliphatic rings. The van der Waals surface area contributed by atoms with E-state index >= 15 is 0 Å². The zero-order valence-corrected chi connectivity index (χ0v) is 12.7. The van der Waals surface area contributed by atoms with Crippen LogP contribution in [0.1, 0.15) is 44.9 Å². The van der Waals surface area contributed by atoms with E-state index in [4.69, 9.17) is 5.84 Å². The summed E-state index contributed by atoms with van der Waals surface area (Å²) in [6.45, 7) is 5.99. The second kappa shape index (κ2) is 7.21. The van der Waals surface area contributed by atoms with Gasteiger partial charge in [0.05, 0.1) is 6.54 Å². The summed E-state index contributed by atoms with van der Waals surface area (Å²) in [6, 6.07) is 1.70. The van der Waals surface area contributed by atoms with Gasteiger partial charge in [0, 0.05) is 25.1 Å². The maximum atomic E-state index is 12.1. The van der Waals surface area contributed by atoms with E-state index in [0.717, 1.165) is 25.9 Å². The number of likely N-dealkylation sites (tertiary alicyclic amines) is 1. The minimum Gasteiger partial charge on any atom is -0.361 e. The zero-order valence-electron chi connectivity index (χ0n) is 12.7. The number of carbonyl (C=O) groups excluding carboxylic acids is 1. The van der Waals surface area contributed by atoms with Gasteiger partial charge in [0.25, 0.3) is 0 Å². The lowest BCUT2D eigenvalue weighted by atomic mass is 10.1. The number of hydrazine groups is 1. The van der Waals surface area contributed by atoms with Crippen molar-refractivity contribution in [3.63, 3.8) is 0 Å². The second-order valence-electron chi connectivity index (χ2n) is 5.59. The molecule has 116 valence electrons. The third-order valence-corrected chi connectivity index (χ3v) is 3.54. The third kappa shape index (κ3) is 4.29. The molecule has 0 aliphatic carbocycles. The van der Waals surface area contributed by atoms with Crippen molar-refractivity contribution in [3.8, 4) is 0 Å². The van der Waals surface area contributed by atoms with E-state index in [-0.39, 0.29) is 18.4 Å². The van der Waals surface area contributed by atoms with Crippen molar-refractivity contribution in [2.45, 2.75) is 39.0 Å². The molecule has 21 heavy (non-hydrogen) atoms. The van der Waals surface area contributed by atoms with Gasteiger partial charge < -0.3 is 15.6 Å². The molecule has 2 rings (SSSR count). The van der Waals surface area contributed by atoms with Crippen LogP contribution in [0.25, 0.3) is 0 Å². The highest BCUT2D eigenvalue weighted by Crippen LogP contribution is 2.16. The smallest absolute Gasteiger partial charge is 0.241 e. The minimum absolute atomic E-state index is 0.113. The van der Waals surface area contributed by atoms with E-state index in [9.17, 15) is 4.79 Å². The van der Waals surface area contributed by atoms with Crippen LogP contribution >= 0.6 is 0 Å². The first-order valence-electron chi connectivity index (χ1n) is 7.47. The number of anilines is 2. The van der Waals surface area contributed by atoms with Crippen molar-refractivity contribution in [2.24, 2.45) is 5.84 Å². The van der Waals surface area contributed by atoms with Gasteiger partial charge in [0.15, 0.2) is 0 Å². The Labute approximate surface area is 125 Å². The van der Waals surface area contributed by atoms with Crippen LogP contribution in [0, 0.1) is 0 Å². The Balaban J connectivity index is 1.98. The lowest BCUT2D eigenvalue weighted by Gasteiger charge is -2.26. The lowest BCUT2D eigenvalue weighted by molar-refractivity contribution is -0.130. The molecule has 7 heteroatoms. The number of piperidine rings is 1. The normalized spacial score (nSPS) is 15.1. The molecule has 1 saturated heterocycles. The zero-order chi connectivity index (χ0) is 15.2. The predicted molar refractivity (Wildman–Crippen MR) is 82.9 cm³/mol. The monoisotopic (exact) mass is 292 g/mol. The van der Waals surface area contributed by atoms with Gasteiger partial charge in [-0.25, -0.2) is 15.8 Å². The van der Waals surface area contributed by atoms with Crippen molar-refractivity contribution in [3.05, 3.63) is 11.9 Å². The summed E-state index contributed by atoms with van der Waals surface area (Å²) in [5, 5.41) is 3.07. The van der Waals surface area contributed by atoms with E-state index in [1.807, 2.05) is 18.7 Å². The van der Waals surface area contributed by atoms with Crippen molar-refractivity contribution < 1.29 is 4.79 Å². The van der Waals surface area contributed by atoms with Crippen LogP contribution in [0.2, 0.25) is 0 Å². The first kappa shape index (κ1) is 15.5. The number of nitrogens with zero attached hydrogens (tertiary/aromatic N) is 3. The number of nitrogen functional groups attached to an aromatic ring is 1. The number of hydrogen-bond donors (Lipinski definition) is 3. The van der Waals surface area contributed by atoms with Gasteiger partial charge in [-0.3, -0.25) is 4.79 Å². The van der Waals surface area contributed by atoms with Crippen LogP contribution in [0.3, 0.4) is 0 Å². The maximum Gasteiger partial charge on any atom is 0.241 e. The molecule has 1 aromatic rings. The summed E-state index contributed by atoms with van der Waals surface area (Å²) in [7, 11) is 0. The lowest BCUT2D eigenvalue weighted by Crippen LogP contribution is -2.39. The van der Waals surface area contributed by atoms with Crippen molar-refractivity contribution >= 4 is 17.5 Å². The number of hydrogen-bond acceptors (Lipinski definition) is 6. The van der Waals surface area contributed by atoms with Gasteiger partial charge >= 0.3 is 0 Å². The average Bonchev–Trinajstić information content (AvgIpc) is 2.53. The number of carbonyl (C=O) groups is 1. The molecule has 1 fully saturated rings. The van der Waals surface area contributed by atoms with E-state index in [1.54, 1.807) is 6.07 Å². The highest BCUT2D eigenvalue weighted by atomic mass is 16.2. The Morgan fingerprint density at radius 3 is 2.57 bits per heavy atom. The third-order valence-electron chi connectivity index (χ3n) is 3.54. The Morgan fingerprint density at radius 2 is 1.95 bits per heavy atom. The molecule has 0 atom stereocenters. The summed E-state index contributed by atoms with van der Waals surface area (Å²) in [5.41, 5.74) is 2.53. The quantitative estimate of drug-likeness (QED) is 0.559. The molecule has 2 heterocycles. The van der Waals surface area contributed by atoms with Gasteiger partial charge in [-0.15, -0.1) is 0 Å². The number of nitrogens with two attached hydrogens (primary N) is 1. The molecule has 1 amide bonds. The molecule has 0 spiro atoms. The molecule has 4 N–H and O–H groups in total. The Hall–Kier alpha value is -1.89. The summed E-state index contributed by atoms with van der Waals surface area (Å²) >= 11 is 0. The van der Waals surface area contributed by atoms with Gasteiger partial charge in [0.1, 0.15) is 17.5 Å². The van der Waals surface area contributed by atoms with Crippen LogP contribution in [0.4, 0.5) is 11.6 Å². The Morgan fingerprint density at radius 1 is 1.29 bits per heavy atom. The topological polar surface area (TPSA) is 96.2 Å². The van der Waals surface area contributed by atoms with Gasteiger partial charge in [-0.2, -0.15) is 0 Å². The van der Waals surface area contributed by atoms with Crippen LogP contribution in [-0.2, 0) is 4.79 Å². The summed E-state index contributed by atoms with van der Waals surface area (Å²) in [6.07, 6.45) is 3.41. The molecule has 0 aromatic carbocycles. The maximum absolute atomic E-state index is 12.1. The van der Waals surface area contributed by atoms with E-state index in [1.165, 1.54) is 6.42 Å². The second-order valence-corrected chi connectivity index (χ2v) is 5.59. The Kier molecular flexibility index (Phi) is 5.32. The molecule has 0 saturated carbocycles. The first-order valence-corrected chi connectivity index (χ1v) is 7.47. The predicted octanol–water partition coefficient (Wildman–Crippen LogP) is 1.31. The minimum atomic E-state index is 0.113. The summed E-state index contributed by atoms with van der Waals surface area (Å²) in [4.78, 5) is 22.7. The highest BCUT2D eigenvalue weighted by Gasteiger charge is 2.16. The fraction of sp³-hybridized carbons (Fsp3) is 0.643. The Bertz CT molecular complexity index is 484. The van der Waals surface area contributed by atoms with E-state index in [0.29, 0.717) is 17.5 Å². The molecular weight excluding hydrogens is 268 g/mol. The SMILES string of the molecule is CC(C)c1nc(NN)cc(NCC(=O)N2CCCCC2)n1. The van der Waals surface area contributed by atoms with Crippen molar-refractivity contribution in [1.29, 1.82) is 0 Å². The number of nitrogens with one attached hydrogen (secondary N) is 2. The van der Waals surface area contributed by atoms with Crippen LogP contribution in [-0.4, -0.2) is 40.4 Å². The van der Waals surface area contributed by atoms with Gasteiger partial charge in [-0.05, 0) is 19.3 Å². The number of amides is 1. The number of aromatic nitrogens is 2. The van der Waals surface area contributed by atoms with E-state index < -0.39 is 0 Å². The van der Waals surface area contributed by atoms with Crippen molar-refractivity contribution in [2.75, 3.05) is 30.4 Å². The fourth-order valence-electron chi connectivity index (χ4n) is 2.31. The van der Waals surface area contributed by atoms with Gasteiger partial charge in [-0.1, -0.05) is 13.8 Å². The average molecular weight is 292 g/mol. The molecule has 0 bridgehead atoms.